The van der Waals surface area contributed by atoms with Gasteiger partial charge in [0.15, 0.2) is 0 Å². The van der Waals surface area contributed by atoms with Gasteiger partial charge in [-0.1, -0.05) is 12.1 Å². The number of phenolic OH excluding ortho intramolecular Hbond substituents is 1. The molecule has 1 saturated heterocycles. The number of piperidine rings is 1. The highest BCUT2D eigenvalue weighted by Gasteiger charge is 2.34. The van der Waals surface area contributed by atoms with Gasteiger partial charge in [-0.3, -0.25) is 4.90 Å². The second kappa shape index (κ2) is 4.88. The molecule has 0 amide bonds. The maximum Gasteiger partial charge on any atom is 0.120 e. The van der Waals surface area contributed by atoms with Crippen molar-refractivity contribution in [2.45, 2.75) is 44.8 Å². The zero-order valence-corrected chi connectivity index (χ0v) is 11.4. The molecule has 0 bridgehead atoms. The summed E-state index contributed by atoms with van der Waals surface area (Å²) in [6.07, 6.45) is 0.00552. The Balaban J connectivity index is 2.08. The molecule has 3 heteroatoms. The van der Waals surface area contributed by atoms with E-state index in [4.69, 9.17) is 0 Å². The van der Waals surface area contributed by atoms with Gasteiger partial charge >= 0.3 is 0 Å². The Bertz CT molecular complexity index is 396. The van der Waals surface area contributed by atoms with Crippen molar-refractivity contribution >= 4 is 0 Å². The number of aromatic hydroxyl groups is 1. The maximum atomic E-state index is 14.3. The van der Waals surface area contributed by atoms with E-state index >= 15 is 0 Å². The molecule has 1 aromatic rings. The summed E-state index contributed by atoms with van der Waals surface area (Å²) in [6, 6.07) is 6.94. The minimum atomic E-state index is -0.831. The van der Waals surface area contributed by atoms with Crippen molar-refractivity contribution in [1.82, 2.24) is 4.90 Å². The first-order chi connectivity index (χ1) is 8.38. The van der Waals surface area contributed by atoms with Crippen LogP contribution in [0.4, 0.5) is 4.39 Å². The average molecular weight is 251 g/mol. The van der Waals surface area contributed by atoms with E-state index in [0.717, 1.165) is 18.5 Å². The molecule has 0 spiro atoms. The van der Waals surface area contributed by atoms with Crippen molar-refractivity contribution in [2.24, 2.45) is 0 Å². The zero-order valence-electron chi connectivity index (χ0n) is 11.4. The van der Waals surface area contributed by atoms with Crippen molar-refractivity contribution in [3.63, 3.8) is 0 Å². The molecule has 1 N–H and O–H groups in total. The topological polar surface area (TPSA) is 23.5 Å². The molecule has 2 unspecified atom stereocenters. The summed E-state index contributed by atoms with van der Waals surface area (Å²) in [7, 11) is 0. The number of likely N-dealkylation sites (tertiary alicyclic amines) is 1. The van der Waals surface area contributed by atoms with Crippen LogP contribution in [0.5, 0.6) is 5.75 Å². The predicted molar refractivity (Wildman–Crippen MR) is 71.7 cm³/mol. The van der Waals surface area contributed by atoms with Crippen molar-refractivity contribution in [3.8, 4) is 5.75 Å². The van der Waals surface area contributed by atoms with E-state index in [1.165, 1.54) is 0 Å². The number of halogens is 1. The lowest BCUT2D eigenvalue weighted by molar-refractivity contribution is 0.0495. The fourth-order valence-corrected chi connectivity index (χ4v) is 2.61. The molecule has 0 aromatic heterocycles. The molecule has 1 aliphatic rings. The van der Waals surface area contributed by atoms with Gasteiger partial charge in [0.2, 0.25) is 0 Å². The van der Waals surface area contributed by atoms with Gasteiger partial charge in [0.1, 0.15) is 11.9 Å². The second-order valence-electron chi connectivity index (χ2n) is 6.12. The molecule has 0 radical (unpaired) electrons. The van der Waals surface area contributed by atoms with Crippen molar-refractivity contribution in [2.75, 3.05) is 13.1 Å². The molecular weight excluding hydrogens is 229 g/mol. The second-order valence-corrected chi connectivity index (χ2v) is 6.12. The Morgan fingerprint density at radius 2 is 1.83 bits per heavy atom. The number of benzene rings is 1. The summed E-state index contributed by atoms with van der Waals surface area (Å²) in [4.78, 5) is 2.20. The molecule has 1 fully saturated rings. The van der Waals surface area contributed by atoms with Gasteiger partial charge in [-0.15, -0.1) is 0 Å². The SMILES string of the molecule is CC(C)(C)N1CCC(c2ccc(O)cc2)C(F)C1. The fourth-order valence-electron chi connectivity index (χ4n) is 2.61. The van der Waals surface area contributed by atoms with Gasteiger partial charge in [0.25, 0.3) is 0 Å². The first-order valence-electron chi connectivity index (χ1n) is 6.56. The molecule has 18 heavy (non-hydrogen) atoms. The third kappa shape index (κ3) is 2.83. The molecule has 0 saturated carbocycles. The monoisotopic (exact) mass is 251 g/mol. The molecular formula is C15H22FNO. The predicted octanol–water partition coefficient (Wildman–Crippen LogP) is 3.32. The fraction of sp³-hybridized carbons (Fsp3) is 0.600. The minimum Gasteiger partial charge on any atom is -0.508 e. The van der Waals surface area contributed by atoms with Gasteiger partial charge in [-0.05, 0) is 51.4 Å². The molecule has 1 aromatic carbocycles. The number of nitrogens with zero attached hydrogens (tertiary/aromatic N) is 1. The van der Waals surface area contributed by atoms with Crippen LogP contribution in [-0.2, 0) is 0 Å². The Kier molecular flexibility index (Phi) is 3.62. The third-order valence-electron chi connectivity index (χ3n) is 3.81. The normalized spacial score (nSPS) is 26.2. The minimum absolute atomic E-state index is 0.0320. The van der Waals surface area contributed by atoms with Crippen molar-refractivity contribution in [1.29, 1.82) is 0 Å². The summed E-state index contributed by atoms with van der Waals surface area (Å²) in [6.45, 7) is 7.80. The van der Waals surface area contributed by atoms with Crippen LogP contribution >= 0.6 is 0 Å². The Morgan fingerprint density at radius 3 is 2.33 bits per heavy atom. The smallest absolute Gasteiger partial charge is 0.120 e. The quantitative estimate of drug-likeness (QED) is 0.827. The van der Waals surface area contributed by atoms with Crippen molar-refractivity contribution < 1.29 is 9.50 Å². The number of rotatable bonds is 1. The van der Waals surface area contributed by atoms with Gasteiger partial charge in [-0.25, -0.2) is 4.39 Å². The Morgan fingerprint density at radius 1 is 1.22 bits per heavy atom. The largest absolute Gasteiger partial charge is 0.508 e. The van der Waals surface area contributed by atoms with Crippen LogP contribution in [0.25, 0.3) is 0 Å². The van der Waals surface area contributed by atoms with E-state index < -0.39 is 6.17 Å². The van der Waals surface area contributed by atoms with Crippen LogP contribution in [0.2, 0.25) is 0 Å². The van der Waals surface area contributed by atoms with E-state index in [1.807, 2.05) is 12.1 Å². The van der Waals surface area contributed by atoms with E-state index in [-0.39, 0.29) is 17.2 Å². The number of hydrogen-bond donors (Lipinski definition) is 1. The van der Waals surface area contributed by atoms with E-state index in [1.54, 1.807) is 12.1 Å². The Labute approximate surface area is 108 Å². The highest BCUT2D eigenvalue weighted by Crippen LogP contribution is 2.33. The first kappa shape index (κ1) is 13.3. The lowest BCUT2D eigenvalue weighted by atomic mass is 9.86. The first-order valence-corrected chi connectivity index (χ1v) is 6.56. The molecule has 2 nitrogen and oxygen atoms in total. The average Bonchev–Trinajstić information content (AvgIpc) is 2.29. The molecule has 1 heterocycles. The number of phenols is 1. The van der Waals surface area contributed by atoms with E-state index in [0.29, 0.717) is 6.54 Å². The van der Waals surface area contributed by atoms with Crippen LogP contribution in [0.1, 0.15) is 38.7 Å². The zero-order chi connectivity index (χ0) is 13.3. The third-order valence-corrected chi connectivity index (χ3v) is 3.81. The van der Waals surface area contributed by atoms with Crippen LogP contribution < -0.4 is 0 Å². The van der Waals surface area contributed by atoms with Crippen LogP contribution in [0.15, 0.2) is 24.3 Å². The van der Waals surface area contributed by atoms with Gasteiger partial charge in [0, 0.05) is 18.0 Å². The van der Waals surface area contributed by atoms with E-state index in [2.05, 4.69) is 25.7 Å². The van der Waals surface area contributed by atoms with Crippen LogP contribution in [-0.4, -0.2) is 34.8 Å². The van der Waals surface area contributed by atoms with Crippen molar-refractivity contribution in [3.05, 3.63) is 29.8 Å². The molecule has 0 aliphatic carbocycles. The van der Waals surface area contributed by atoms with Gasteiger partial charge < -0.3 is 5.11 Å². The summed E-state index contributed by atoms with van der Waals surface area (Å²) >= 11 is 0. The van der Waals surface area contributed by atoms with Crippen LogP contribution in [0, 0.1) is 0 Å². The molecule has 1 aliphatic heterocycles. The van der Waals surface area contributed by atoms with Crippen LogP contribution in [0.3, 0.4) is 0 Å². The molecule has 100 valence electrons. The lowest BCUT2D eigenvalue weighted by Gasteiger charge is -2.42. The maximum absolute atomic E-state index is 14.3. The summed E-state index contributed by atoms with van der Waals surface area (Å²) in [5.74, 6) is 0.200. The number of hydrogen-bond acceptors (Lipinski definition) is 2. The van der Waals surface area contributed by atoms with Gasteiger partial charge in [-0.2, -0.15) is 0 Å². The standard InChI is InChI=1S/C15H22FNO/c1-15(2,3)17-9-8-13(14(16)10-17)11-4-6-12(18)7-5-11/h4-7,13-14,18H,8-10H2,1-3H3. The summed E-state index contributed by atoms with van der Waals surface area (Å²) < 4.78 is 14.3. The molecule has 2 rings (SSSR count). The number of alkyl halides is 1. The lowest BCUT2D eigenvalue weighted by Crippen LogP contribution is -2.50. The Hall–Kier alpha value is -1.09. The van der Waals surface area contributed by atoms with Gasteiger partial charge in [0.05, 0.1) is 0 Å². The highest BCUT2D eigenvalue weighted by atomic mass is 19.1. The highest BCUT2D eigenvalue weighted by molar-refractivity contribution is 5.29. The molecule has 2 atom stereocenters. The summed E-state index contributed by atoms with van der Waals surface area (Å²) in [5, 5.41) is 9.27. The summed E-state index contributed by atoms with van der Waals surface area (Å²) in [5.41, 5.74) is 1.03. The van der Waals surface area contributed by atoms with E-state index in [9.17, 15) is 9.50 Å².